The Morgan fingerprint density at radius 3 is 2.69 bits per heavy atom. The maximum absolute atomic E-state index is 14.0. The van der Waals surface area contributed by atoms with Crippen molar-refractivity contribution >= 4 is 34.8 Å². The van der Waals surface area contributed by atoms with Crippen molar-refractivity contribution < 1.29 is 33.0 Å². The second kappa shape index (κ2) is 10.7. The van der Waals surface area contributed by atoms with Gasteiger partial charge in [-0.15, -0.1) is 0 Å². The molecular weight excluding hydrogens is 597 g/mol. The van der Waals surface area contributed by atoms with Crippen LogP contribution in [0.5, 0.6) is 0 Å². The number of primary amides is 1. The first-order chi connectivity index (χ1) is 21.5. The summed E-state index contributed by atoms with van der Waals surface area (Å²) in [5.74, 6) is -1.93. The zero-order chi connectivity index (χ0) is 31.7. The van der Waals surface area contributed by atoms with Crippen molar-refractivity contribution in [3.8, 4) is 5.69 Å². The van der Waals surface area contributed by atoms with Gasteiger partial charge in [-0.05, 0) is 110 Å². The lowest BCUT2D eigenvalue weighted by Gasteiger charge is -2.60. The molecule has 1 aromatic carbocycles. The zero-order valence-corrected chi connectivity index (χ0v) is 26.0. The fourth-order valence-electron chi connectivity index (χ4n) is 9.36. The van der Waals surface area contributed by atoms with E-state index in [1.54, 1.807) is 18.2 Å². The van der Waals surface area contributed by atoms with E-state index in [1.807, 2.05) is 17.8 Å². The van der Waals surface area contributed by atoms with Gasteiger partial charge in [-0.3, -0.25) is 9.59 Å². The number of aliphatic hydroxyl groups is 1. The Morgan fingerprint density at radius 2 is 1.98 bits per heavy atom. The van der Waals surface area contributed by atoms with Gasteiger partial charge in [0.25, 0.3) is 0 Å². The van der Waals surface area contributed by atoms with Crippen molar-refractivity contribution in [1.82, 2.24) is 9.78 Å². The largest absolute Gasteiger partial charge is 0.457 e. The van der Waals surface area contributed by atoms with E-state index >= 15 is 0 Å². The number of halogens is 1. The van der Waals surface area contributed by atoms with Gasteiger partial charge in [-0.2, -0.15) is 5.10 Å². The van der Waals surface area contributed by atoms with Crippen LogP contribution in [-0.4, -0.2) is 49.3 Å². The number of furan rings is 1. The fraction of sp³-hybridized carbons (Fsp3) is 0.471. The highest BCUT2D eigenvalue weighted by molar-refractivity contribution is 8.14. The lowest BCUT2D eigenvalue weighted by atomic mass is 9.45. The molecule has 0 saturated heterocycles. The van der Waals surface area contributed by atoms with Gasteiger partial charge < -0.3 is 20.0 Å². The van der Waals surface area contributed by atoms with E-state index in [9.17, 15) is 23.9 Å². The highest BCUT2D eigenvalue weighted by Gasteiger charge is 2.70. The minimum atomic E-state index is -1.55. The second-order valence-electron chi connectivity index (χ2n) is 13.5. The Balaban J connectivity index is 1.23. The molecule has 0 spiro atoms. The Kier molecular flexibility index (Phi) is 7.12. The summed E-state index contributed by atoms with van der Waals surface area (Å²) in [5.41, 5.74) is 6.70. The number of aromatic nitrogens is 2. The Hall–Kier alpha value is -3.70. The maximum atomic E-state index is 14.0. The van der Waals surface area contributed by atoms with Crippen molar-refractivity contribution in [2.75, 3.05) is 5.75 Å². The highest BCUT2D eigenvalue weighted by atomic mass is 32.2. The van der Waals surface area contributed by atoms with Gasteiger partial charge in [-0.25, -0.2) is 13.9 Å². The number of hydrogen-bond donors (Lipinski definition) is 2. The summed E-state index contributed by atoms with van der Waals surface area (Å²) >= 11 is 0.774. The predicted octanol–water partition coefficient (Wildman–Crippen LogP) is 5.10. The van der Waals surface area contributed by atoms with Crippen LogP contribution >= 0.6 is 11.8 Å². The molecule has 1 amide bonds. The van der Waals surface area contributed by atoms with E-state index in [4.69, 9.17) is 14.9 Å². The SMILES string of the molecule is C[C@]12Cc3cnn(-c4ccc(F)cc4)c3C=C1CC[C@@H]1C2[C@@H](O)C[C@@]2(C)C1CC[C@]2(OC(=O)c1ccco1)C(=O)SCC(N)=O. The third-order valence-corrected chi connectivity index (χ3v) is 12.3. The van der Waals surface area contributed by atoms with Gasteiger partial charge in [0.1, 0.15) is 5.82 Å². The lowest BCUT2D eigenvalue weighted by Crippen LogP contribution is -2.62. The van der Waals surface area contributed by atoms with Crippen LogP contribution in [0, 0.1) is 34.4 Å². The first-order valence-electron chi connectivity index (χ1n) is 15.4. The molecule has 0 radical (unpaired) electrons. The smallest absolute Gasteiger partial charge is 0.375 e. The molecule has 3 saturated carbocycles. The van der Waals surface area contributed by atoms with Gasteiger partial charge in [0.05, 0.1) is 35.7 Å². The van der Waals surface area contributed by atoms with E-state index in [0.29, 0.717) is 12.8 Å². The number of allylic oxidation sites excluding steroid dienone is 1. The second-order valence-corrected chi connectivity index (χ2v) is 14.5. The van der Waals surface area contributed by atoms with Gasteiger partial charge in [-0.1, -0.05) is 31.2 Å². The van der Waals surface area contributed by atoms with Crippen molar-refractivity contribution in [2.45, 2.75) is 64.1 Å². The van der Waals surface area contributed by atoms with Crippen LogP contribution in [0.15, 0.2) is 58.8 Å². The molecule has 7 rings (SSSR count). The maximum Gasteiger partial charge on any atom is 0.375 e. The van der Waals surface area contributed by atoms with Crippen LogP contribution in [0.3, 0.4) is 0 Å². The first kappa shape index (κ1) is 30.0. The molecule has 2 aromatic heterocycles. The molecule has 4 aliphatic carbocycles. The average Bonchev–Trinajstić information content (AvgIpc) is 3.73. The highest BCUT2D eigenvalue weighted by Crippen LogP contribution is 2.69. The van der Waals surface area contributed by atoms with Crippen LogP contribution in [-0.2, 0) is 20.7 Å². The van der Waals surface area contributed by atoms with Gasteiger partial charge in [0, 0.05) is 5.41 Å². The summed E-state index contributed by atoms with van der Waals surface area (Å²) in [6, 6.07) is 9.34. The molecule has 7 atom stereocenters. The van der Waals surface area contributed by atoms with E-state index in [1.165, 1.54) is 30.0 Å². The number of ether oxygens (including phenoxy) is 1. The summed E-state index contributed by atoms with van der Waals surface area (Å²) in [5, 5.41) is 16.3. The summed E-state index contributed by atoms with van der Waals surface area (Å²) in [6.07, 6.45) is 8.17. The normalized spacial score (nSPS) is 33.3. The Labute approximate surface area is 264 Å². The van der Waals surface area contributed by atoms with Gasteiger partial charge in [0.2, 0.25) is 16.8 Å². The number of carbonyl (C=O) groups is 3. The topological polar surface area (TPSA) is 138 Å². The number of nitrogens with two attached hydrogens (primary N) is 1. The van der Waals surface area contributed by atoms with Gasteiger partial charge in [0.15, 0.2) is 5.60 Å². The minimum Gasteiger partial charge on any atom is -0.457 e. The minimum absolute atomic E-state index is 0.00450. The first-order valence-corrected chi connectivity index (χ1v) is 16.4. The number of aliphatic hydroxyl groups excluding tert-OH is 1. The molecular formula is C34H36FN3O6S. The number of benzene rings is 1. The molecule has 0 bridgehead atoms. The van der Waals surface area contributed by atoms with Crippen molar-refractivity contribution in [3.63, 3.8) is 0 Å². The molecule has 0 aliphatic heterocycles. The van der Waals surface area contributed by atoms with Gasteiger partial charge >= 0.3 is 5.97 Å². The standard InChI is InChI=1S/C34H36FN3O6S/c1-32-15-19-17-37-38(22-8-6-21(35)7-9-22)25(19)14-20(32)5-10-23-24-11-12-34(31(42)45-18-28(36)40,33(24,2)16-26(39)29(23)32)44-30(41)27-4-3-13-43-27/h3-4,6-9,13-14,17,23-24,26,29,39H,5,10-12,15-16,18H2,1-2H3,(H2,36,40)/t23-,24?,26-,29?,32-,33-,34-/m0/s1. The predicted molar refractivity (Wildman–Crippen MR) is 164 cm³/mol. The summed E-state index contributed by atoms with van der Waals surface area (Å²) in [6.45, 7) is 4.19. The Bertz CT molecular complexity index is 1700. The molecule has 3 N–H and O–H groups in total. The van der Waals surface area contributed by atoms with Crippen LogP contribution in [0.1, 0.15) is 67.8 Å². The summed E-state index contributed by atoms with van der Waals surface area (Å²) in [7, 11) is 0. The number of carbonyl (C=O) groups excluding carboxylic acids is 3. The van der Waals surface area contributed by atoms with E-state index < -0.39 is 34.1 Å². The van der Waals surface area contributed by atoms with Crippen molar-refractivity contribution in [1.29, 1.82) is 0 Å². The van der Waals surface area contributed by atoms with E-state index in [2.05, 4.69) is 18.1 Å². The number of hydrogen-bond acceptors (Lipinski definition) is 8. The fourth-order valence-corrected chi connectivity index (χ4v) is 10.2. The summed E-state index contributed by atoms with van der Waals surface area (Å²) < 4.78 is 26.9. The van der Waals surface area contributed by atoms with Crippen LogP contribution in [0.4, 0.5) is 4.39 Å². The van der Waals surface area contributed by atoms with Crippen LogP contribution in [0.2, 0.25) is 0 Å². The quantitative estimate of drug-likeness (QED) is 0.358. The number of thioether (sulfide) groups is 1. The molecule has 3 aromatic rings. The van der Waals surface area contributed by atoms with Crippen molar-refractivity contribution in [3.05, 3.63) is 77.3 Å². The molecule has 45 heavy (non-hydrogen) atoms. The van der Waals surface area contributed by atoms with Crippen molar-refractivity contribution in [2.24, 2.45) is 34.3 Å². The van der Waals surface area contributed by atoms with Crippen LogP contribution in [0.25, 0.3) is 11.8 Å². The van der Waals surface area contributed by atoms with E-state index in [0.717, 1.165) is 41.5 Å². The molecule has 3 fully saturated rings. The number of fused-ring (bicyclic) bond motifs is 6. The van der Waals surface area contributed by atoms with Crippen LogP contribution < -0.4 is 5.73 Å². The Morgan fingerprint density at radius 1 is 1.20 bits per heavy atom. The molecule has 2 heterocycles. The molecule has 2 unspecified atom stereocenters. The third kappa shape index (κ3) is 4.52. The third-order valence-electron chi connectivity index (χ3n) is 11.3. The monoisotopic (exact) mass is 633 g/mol. The number of esters is 1. The zero-order valence-electron chi connectivity index (χ0n) is 25.2. The molecule has 4 aliphatic rings. The molecule has 9 nitrogen and oxygen atoms in total. The average molecular weight is 634 g/mol. The number of nitrogens with zero attached hydrogens (tertiary/aromatic N) is 2. The van der Waals surface area contributed by atoms with E-state index in [-0.39, 0.29) is 53.3 Å². The summed E-state index contributed by atoms with van der Waals surface area (Å²) in [4.78, 5) is 38.9. The number of rotatable bonds is 6. The molecule has 11 heteroatoms. The lowest BCUT2D eigenvalue weighted by molar-refractivity contribution is -0.175. The number of amides is 1. The molecule has 236 valence electrons.